The number of hydrogen-bond acceptors (Lipinski definition) is 4. The summed E-state index contributed by atoms with van der Waals surface area (Å²) < 4.78 is 0. The van der Waals surface area contributed by atoms with Crippen LogP contribution >= 0.6 is 0 Å². The number of pyridine rings is 1. The number of carboxylic acid groups (broad SMARTS) is 1. The number of hydrogen-bond donors (Lipinski definition) is 2. The first-order valence-corrected chi connectivity index (χ1v) is 5.66. The van der Waals surface area contributed by atoms with Gasteiger partial charge in [-0.05, 0) is 18.1 Å². The maximum Gasteiger partial charge on any atom is 0.304 e. The van der Waals surface area contributed by atoms with Crippen LogP contribution in [0.1, 0.15) is 18.4 Å². The third-order valence-corrected chi connectivity index (χ3v) is 2.40. The highest BCUT2D eigenvalue weighted by Crippen LogP contribution is 2.04. The van der Waals surface area contributed by atoms with Gasteiger partial charge in [-0.1, -0.05) is 6.07 Å². The fourth-order valence-corrected chi connectivity index (χ4v) is 1.57. The van der Waals surface area contributed by atoms with Crippen LogP contribution < -0.4 is 0 Å². The topological polar surface area (TPSA) is 73.7 Å². The Labute approximate surface area is 101 Å². The van der Waals surface area contributed by atoms with Crippen molar-refractivity contribution in [2.24, 2.45) is 0 Å². The van der Waals surface area contributed by atoms with E-state index in [1.54, 1.807) is 12.4 Å². The molecule has 94 valence electrons. The Bertz CT molecular complexity index is 330. The molecule has 5 heteroatoms. The lowest BCUT2D eigenvalue weighted by molar-refractivity contribution is -0.137. The molecule has 1 aromatic rings. The number of aliphatic hydroxyl groups excluding tert-OH is 1. The molecule has 1 rings (SSSR count). The highest BCUT2D eigenvalue weighted by atomic mass is 16.4. The average molecular weight is 238 g/mol. The van der Waals surface area contributed by atoms with Crippen LogP contribution in [-0.2, 0) is 11.3 Å². The summed E-state index contributed by atoms with van der Waals surface area (Å²) in [4.78, 5) is 16.6. The Hall–Kier alpha value is -1.46. The van der Waals surface area contributed by atoms with Crippen LogP contribution in [-0.4, -0.2) is 45.8 Å². The standard InChI is InChI=1S/C12H18N2O3/c15-8-2-6-14(7-4-12(16)17)10-11-3-1-5-13-9-11/h1,3,5,9,15H,2,4,6-8,10H2,(H,16,17). The van der Waals surface area contributed by atoms with E-state index in [2.05, 4.69) is 4.98 Å². The molecule has 2 N–H and O–H groups in total. The molecule has 1 aromatic heterocycles. The molecule has 1 heterocycles. The van der Waals surface area contributed by atoms with E-state index in [4.69, 9.17) is 10.2 Å². The normalized spacial score (nSPS) is 10.7. The third kappa shape index (κ3) is 5.99. The molecule has 0 spiro atoms. The minimum Gasteiger partial charge on any atom is -0.481 e. The third-order valence-electron chi connectivity index (χ3n) is 2.40. The lowest BCUT2D eigenvalue weighted by atomic mass is 10.2. The molecule has 5 nitrogen and oxygen atoms in total. The molecule has 0 atom stereocenters. The van der Waals surface area contributed by atoms with Crippen molar-refractivity contribution in [3.63, 3.8) is 0 Å². The molecule has 0 amide bonds. The van der Waals surface area contributed by atoms with Crippen LogP contribution in [0.4, 0.5) is 0 Å². The number of nitrogens with zero attached hydrogens (tertiary/aromatic N) is 2. The minimum absolute atomic E-state index is 0.117. The largest absolute Gasteiger partial charge is 0.481 e. The molecule has 0 fully saturated rings. The van der Waals surface area contributed by atoms with Crippen molar-refractivity contribution >= 4 is 5.97 Å². The molecule has 0 saturated heterocycles. The molecule has 0 bridgehead atoms. The lowest BCUT2D eigenvalue weighted by Crippen LogP contribution is -2.27. The molecular formula is C12H18N2O3. The summed E-state index contributed by atoms with van der Waals surface area (Å²) in [5.41, 5.74) is 1.05. The number of carbonyl (C=O) groups is 1. The number of carboxylic acids is 1. The summed E-state index contributed by atoms with van der Waals surface area (Å²) in [5.74, 6) is -0.801. The van der Waals surface area contributed by atoms with E-state index in [0.717, 1.165) is 5.56 Å². The fraction of sp³-hybridized carbons (Fsp3) is 0.500. The molecular weight excluding hydrogens is 220 g/mol. The first kappa shape index (κ1) is 13.6. The van der Waals surface area contributed by atoms with E-state index in [1.165, 1.54) is 0 Å². The molecule has 0 aliphatic heterocycles. The van der Waals surface area contributed by atoms with Crippen molar-refractivity contribution in [2.45, 2.75) is 19.4 Å². The summed E-state index contributed by atoms with van der Waals surface area (Å²) in [6.07, 6.45) is 4.25. The number of aromatic nitrogens is 1. The van der Waals surface area contributed by atoms with Crippen LogP contribution in [0, 0.1) is 0 Å². The van der Waals surface area contributed by atoms with Crippen LogP contribution in [0.25, 0.3) is 0 Å². The number of aliphatic hydroxyl groups is 1. The van der Waals surface area contributed by atoms with Crippen molar-refractivity contribution in [1.82, 2.24) is 9.88 Å². The van der Waals surface area contributed by atoms with Crippen molar-refractivity contribution in [1.29, 1.82) is 0 Å². The molecule has 0 radical (unpaired) electrons. The Morgan fingerprint density at radius 1 is 1.41 bits per heavy atom. The van der Waals surface area contributed by atoms with E-state index < -0.39 is 5.97 Å². The predicted molar refractivity (Wildman–Crippen MR) is 63.5 cm³/mol. The van der Waals surface area contributed by atoms with Crippen molar-refractivity contribution in [3.8, 4) is 0 Å². The van der Waals surface area contributed by atoms with E-state index >= 15 is 0 Å². The van der Waals surface area contributed by atoms with E-state index in [0.29, 0.717) is 26.1 Å². The number of aliphatic carboxylic acids is 1. The van der Waals surface area contributed by atoms with Crippen LogP contribution in [0.2, 0.25) is 0 Å². The zero-order valence-electron chi connectivity index (χ0n) is 9.75. The number of rotatable bonds is 8. The smallest absolute Gasteiger partial charge is 0.304 e. The van der Waals surface area contributed by atoms with E-state index in [9.17, 15) is 4.79 Å². The van der Waals surface area contributed by atoms with Gasteiger partial charge in [0, 0.05) is 38.6 Å². The highest BCUT2D eigenvalue weighted by molar-refractivity contribution is 5.66. The monoisotopic (exact) mass is 238 g/mol. The minimum atomic E-state index is -0.801. The molecule has 17 heavy (non-hydrogen) atoms. The maximum absolute atomic E-state index is 10.5. The Morgan fingerprint density at radius 2 is 2.24 bits per heavy atom. The van der Waals surface area contributed by atoms with Crippen molar-refractivity contribution in [2.75, 3.05) is 19.7 Å². The molecule has 0 saturated carbocycles. The van der Waals surface area contributed by atoms with Crippen LogP contribution in [0.3, 0.4) is 0 Å². The lowest BCUT2D eigenvalue weighted by Gasteiger charge is -2.20. The van der Waals surface area contributed by atoms with Crippen molar-refractivity contribution in [3.05, 3.63) is 30.1 Å². The quantitative estimate of drug-likeness (QED) is 0.699. The zero-order valence-corrected chi connectivity index (χ0v) is 9.75. The van der Waals surface area contributed by atoms with E-state index in [1.807, 2.05) is 17.0 Å². The van der Waals surface area contributed by atoms with Crippen molar-refractivity contribution < 1.29 is 15.0 Å². The molecule has 0 aromatic carbocycles. The SMILES string of the molecule is O=C(O)CCN(CCCO)Cc1cccnc1. The van der Waals surface area contributed by atoms with Gasteiger partial charge < -0.3 is 10.2 Å². The second kappa shape index (κ2) is 7.76. The highest BCUT2D eigenvalue weighted by Gasteiger charge is 2.08. The van der Waals surface area contributed by atoms with E-state index in [-0.39, 0.29) is 13.0 Å². The Kier molecular flexibility index (Phi) is 6.21. The van der Waals surface area contributed by atoms with Gasteiger partial charge in [-0.2, -0.15) is 0 Å². The van der Waals surface area contributed by atoms with Gasteiger partial charge in [0.15, 0.2) is 0 Å². The summed E-state index contributed by atoms with van der Waals surface area (Å²) in [6.45, 7) is 1.97. The second-order valence-corrected chi connectivity index (χ2v) is 3.86. The summed E-state index contributed by atoms with van der Waals surface area (Å²) in [5, 5.41) is 17.5. The van der Waals surface area contributed by atoms with Gasteiger partial charge in [-0.15, -0.1) is 0 Å². The molecule has 0 aliphatic rings. The summed E-state index contributed by atoms with van der Waals surface area (Å²) >= 11 is 0. The van der Waals surface area contributed by atoms with Gasteiger partial charge in [-0.3, -0.25) is 14.7 Å². The maximum atomic E-state index is 10.5. The summed E-state index contributed by atoms with van der Waals surface area (Å²) in [7, 11) is 0. The fourth-order valence-electron chi connectivity index (χ4n) is 1.57. The first-order chi connectivity index (χ1) is 8.22. The Balaban J connectivity index is 2.47. The average Bonchev–Trinajstić information content (AvgIpc) is 2.34. The predicted octanol–water partition coefficient (Wildman–Crippen LogP) is 0.741. The molecule has 0 aliphatic carbocycles. The second-order valence-electron chi connectivity index (χ2n) is 3.86. The zero-order chi connectivity index (χ0) is 12.5. The van der Waals surface area contributed by atoms with Crippen LogP contribution in [0.15, 0.2) is 24.5 Å². The van der Waals surface area contributed by atoms with Gasteiger partial charge in [0.1, 0.15) is 0 Å². The molecule has 0 unspecified atom stereocenters. The van der Waals surface area contributed by atoms with Gasteiger partial charge in [0.2, 0.25) is 0 Å². The Morgan fingerprint density at radius 3 is 2.82 bits per heavy atom. The summed E-state index contributed by atoms with van der Waals surface area (Å²) in [6, 6.07) is 3.82. The van der Waals surface area contributed by atoms with Gasteiger partial charge in [0.25, 0.3) is 0 Å². The first-order valence-electron chi connectivity index (χ1n) is 5.66. The van der Waals surface area contributed by atoms with Gasteiger partial charge >= 0.3 is 5.97 Å². The van der Waals surface area contributed by atoms with Gasteiger partial charge in [0.05, 0.1) is 6.42 Å². The van der Waals surface area contributed by atoms with Gasteiger partial charge in [-0.25, -0.2) is 0 Å². The van der Waals surface area contributed by atoms with Crippen LogP contribution in [0.5, 0.6) is 0 Å².